The molecule has 5 rings (SSSR count). The first kappa shape index (κ1) is 24.6. The Balaban J connectivity index is 1.43. The number of piperazine rings is 1. The SMILES string of the molecule is Fc1ccc(-c2cc(N3CCOCC3)nc(N3CCN(c4ncccc4C(F)(F)F)CC3)c2)cc1Cl. The van der Waals surface area contributed by atoms with Crippen molar-refractivity contribution in [1.82, 2.24) is 9.97 Å². The topological polar surface area (TPSA) is 44.7 Å². The van der Waals surface area contributed by atoms with Crippen LogP contribution in [-0.4, -0.2) is 62.5 Å². The van der Waals surface area contributed by atoms with Crippen molar-refractivity contribution in [2.45, 2.75) is 6.18 Å². The molecule has 0 radical (unpaired) electrons. The van der Waals surface area contributed by atoms with Crippen LogP contribution in [-0.2, 0) is 10.9 Å². The molecule has 11 heteroatoms. The van der Waals surface area contributed by atoms with Gasteiger partial charge in [0.15, 0.2) is 0 Å². The number of alkyl halides is 3. The fourth-order valence-electron chi connectivity index (χ4n) is 4.48. The first-order valence-corrected chi connectivity index (χ1v) is 12.0. The van der Waals surface area contributed by atoms with Crippen LogP contribution in [0.2, 0.25) is 5.02 Å². The third-order valence-corrected chi connectivity index (χ3v) is 6.67. The van der Waals surface area contributed by atoms with E-state index in [0.29, 0.717) is 58.3 Å². The largest absolute Gasteiger partial charge is 0.419 e. The monoisotopic (exact) mass is 521 g/mol. The second kappa shape index (κ2) is 10.1. The lowest BCUT2D eigenvalue weighted by Crippen LogP contribution is -2.47. The van der Waals surface area contributed by atoms with Gasteiger partial charge in [-0.3, -0.25) is 0 Å². The van der Waals surface area contributed by atoms with Crippen molar-refractivity contribution >= 4 is 29.1 Å². The van der Waals surface area contributed by atoms with E-state index in [1.807, 2.05) is 17.0 Å². The van der Waals surface area contributed by atoms with E-state index in [0.717, 1.165) is 23.0 Å². The lowest BCUT2D eigenvalue weighted by molar-refractivity contribution is -0.137. The quantitative estimate of drug-likeness (QED) is 0.444. The number of rotatable bonds is 4. The minimum atomic E-state index is -4.47. The van der Waals surface area contributed by atoms with Crippen LogP contribution < -0.4 is 14.7 Å². The van der Waals surface area contributed by atoms with Crippen LogP contribution in [0.25, 0.3) is 11.1 Å². The third-order valence-electron chi connectivity index (χ3n) is 6.38. The summed E-state index contributed by atoms with van der Waals surface area (Å²) >= 11 is 6.04. The number of aromatic nitrogens is 2. The molecule has 2 aliphatic heterocycles. The molecule has 2 fully saturated rings. The van der Waals surface area contributed by atoms with E-state index >= 15 is 0 Å². The fourth-order valence-corrected chi connectivity index (χ4v) is 4.66. The molecule has 2 aliphatic rings. The van der Waals surface area contributed by atoms with Crippen LogP contribution in [0.15, 0.2) is 48.7 Å². The van der Waals surface area contributed by atoms with Crippen LogP contribution in [0.5, 0.6) is 0 Å². The molecule has 4 heterocycles. The van der Waals surface area contributed by atoms with Crippen LogP contribution >= 0.6 is 11.6 Å². The first-order chi connectivity index (χ1) is 17.3. The van der Waals surface area contributed by atoms with Gasteiger partial charge >= 0.3 is 6.18 Å². The Morgan fingerprint density at radius 1 is 0.806 bits per heavy atom. The summed E-state index contributed by atoms with van der Waals surface area (Å²) in [7, 11) is 0. The van der Waals surface area contributed by atoms with Crippen molar-refractivity contribution < 1.29 is 22.3 Å². The molecule has 0 spiro atoms. The number of halogens is 5. The van der Waals surface area contributed by atoms with Gasteiger partial charge in [0.05, 0.1) is 23.8 Å². The minimum absolute atomic E-state index is 0.0308. The molecule has 0 saturated carbocycles. The molecule has 0 amide bonds. The Morgan fingerprint density at radius 2 is 1.44 bits per heavy atom. The van der Waals surface area contributed by atoms with E-state index in [1.54, 1.807) is 17.0 Å². The second-order valence-corrected chi connectivity index (χ2v) is 9.05. The molecule has 6 nitrogen and oxygen atoms in total. The van der Waals surface area contributed by atoms with Crippen molar-refractivity contribution in [3.63, 3.8) is 0 Å². The zero-order chi connectivity index (χ0) is 25.3. The zero-order valence-corrected chi connectivity index (χ0v) is 20.1. The van der Waals surface area contributed by atoms with Crippen molar-refractivity contribution in [2.24, 2.45) is 0 Å². The number of ether oxygens (including phenoxy) is 1. The van der Waals surface area contributed by atoms with Crippen molar-refractivity contribution in [1.29, 1.82) is 0 Å². The molecule has 0 aliphatic carbocycles. The van der Waals surface area contributed by atoms with Gasteiger partial charge in [-0.1, -0.05) is 17.7 Å². The van der Waals surface area contributed by atoms with Gasteiger partial charge in [-0.05, 0) is 47.5 Å². The molecule has 0 atom stereocenters. The average molecular weight is 522 g/mol. The summed E-state index contributed by atoms with van der Waals surface area (Å²) in [5.41, 5.74) is 0.845. The summed E-state index contributed by atoms with van der Waals surface area (Å²) in [6.07, 6.45) is -3.09. The Morgan fingerprint density at radius 3 is 2.08 bits per heavy atom. The highest BCUT2D eigenvalue weighted by molar-refractivity contribution is 6.31. The maximum Gasteiger partial charge on any atom is 0.419 e. The lowest BCUT2D eigenvalue weighted by Gasteiger charge is -2.37. The highest BCUT2D eigenvalue weighted by Crippen LogP contribution is 2.36. The van der Waals surface area contributed by atoms with Crippen LogP contribution in [0.3, 0.4) is 0 Å². The van der Waals surface area contributed by atoms with E-state index in [-0.39, 0.29) is 10.8 Å². The Hall–Kier alpha value is -3.11. The van der Waals surface area contributed by atoms with Crippen molar-refractivity contribution in [2.75, 3.05) is 67.2 Å². The van der Waals surface area contributed by atoms with Gasteiger partial charge < -0.3 is 19.4 Å². The number of pyridine rings is 2. The number of morpholine rings is 1. The van der Waals surface area contributed by atoms with Gasteiger partial charge in [0.2, 0.25) is 0 Å². The van der Waals surface area contributed by atoms with Crippen molar-refractivity contribution in [3.8, 4) is 11.1 Å². The standard InChI is InChI=1S/C25H24ClF4N5O/c26-20-14-17(3-4-21(20)27)18-15-22(32-23(16-18)34-10-12-36-13-11-34)33-6-8-35(9-7-33)24-19(25(28,29)30)2-1-5-31-24/h1-5,14-16H,6-13H2. The fraction of sp³-hybridized carbons (Fsp3) is 0.360. The van der Waals surface area contributed by atoms with Gasteiger partial charge in [0.1, 0.15) is 23.3 Å². The highest BCUT2D eigenvalue weighted by atomic mass is 35.5. The summed E-state index contributed by atoms with van der Waals surface area (Å²) < 4.78 is 59.7. The van der Waals surface area contributed by atoms with Crippen molar-refractivity contribution in [3.05, 3.63) is 65.1 Å². The minimum Gasteiger partial charge on any atom is -0.378 e. The zero-order valence-electron chi connectivity index (χ0n) is 19.3. The Kier molecular flexibility index (Phi) is 6.90. The van der Waals surface area contributed by atoms with Crippen LogP contribution in [0, 0.1) is 5.82 Å². The van der Waals surface area contributed by atoms with E-state index in [1.165, 1.54) is 18.3 Å². The summed E-state index contributed by atoms with van der Waals surface area (Å²) in [5.74, 6) is 0.914. The molecule has 2 saturated heterocycles. The van der Waals surface area contributed by atoms with E-state index in [4.69, 9.17) is 21.3 Å². The summed E-state index contributed by atoms with van der Waals surface area (Å²) in [4.78, 5) is 14.7. The average Bonchev–Trinajstić information content (AvgIpc) is 2.90. The molecule has 36 heavy (non-hydrogen) atoms. The van der Waals surface area contributed by atoms with E-state index < -0.39 is 17.6 Å². The summed E-state index contributed by atoms with van der Waals surface area (Å²) in [6.45, 7) is 4.22. The molecule has 190 valence electrons. The molecule has 1 aromatic carbocycles. The molecule has 0 unspecified atom stereocenters. The van der Waals surface area contributed by atoms with E-state index in [2.05, 4.69) is 9.88 Å². The summed E-state index contributed by atoms with van der Waals surface area (Å²) in [6, 6.07) is 10.8. The number of hydrogen-bond acceptors (Lipinski definition) is 6. The maximum atomic E-state index is 13.8. The normalized spacial score (nSPS) is 17.0. The number of nitrogens with zero attached hydrogens (tertiary/aromatic N) is 5. The smallest absolute Gasteiger partial charge is 0.378 e. The first-order valence-electron chi connectivity index (χ1n) is 11.6. The number of hydrogen-bond donors (Lipinski definition) is 0. The molecule has 0 bridgehead atoms. The molecule has 0 N–H and O–H groups in total. The van der Waals surface area contributed by atoms with Gasteiger partial charge in [0.25, 0.3) is 0 Å². The third kappa shape index (κ3) is 5.19. The lowest BCUT2D eigenvalue weighted by atomic mass is 10.1. The van der Waals surface area contributed by atoms with Gasteiger partial charge in [-0.2, -0.15) is 13.2 Å². The second-order valence-electron chi connectivity index (χ2n) is 8.65. The van der Waals surface area contributed by atoms with Gasteiger partial charge in [0, 0.05) is 45.5 Å². The van der Waals surface area contributed by atoms with Gasteiger partial charge in [-0.25, -0.2) is 14.4 Å². The van der Waals surface area contributed by atoms with Crippen LogP contribution in [0.4, 0.5) is 35.0 Å². The van der Waals surface area contributed by atoms with Gasteiger partial charge in [-0.15, -0.1) is 0 Å². The van der Waals surface area contributed by atoms with Crippen LogP contribution in [0.1, 0.15) is 5.56 Å². The molecule has 3 aromatic rings. The molecular formula is C25H24ClF4N5O. The molecule has 2 aromatic heterocycles. The number of benzene rings is 1. The molecular weight excluding hydrogens is 498 g/mol. The number of anilines is 3. The summed E-state index contributed by atoms with van der Waals surface area (Å²) in [5, 5.41) is 0.0308. The highest BCUT2D eigenvalue weighted by Gasteiger charge is 2.36. The predicted molar refractivity (Wildman–Crippen MR) is 131 cm³/mol. The van der Waals surface area contributed by atoms with E-state index in [9.17, 15) is 17.6 Å². The Bertz CT molecular complexity index is 1230. The maximum absolute atomic E-state index is 13.8. The Labute approximate surface area is 211 Å². The predicted octanol–water partition coefficient (Wildman–Crippen LogP) is 5.12.